The third-order valence-corrected chi connectivity index (χ3v) is 24.9. The second-order valence-electron chi connectivity index (χ2n) is 17.7. The van der Waals surface area contributed by atoms with Gasteiger partial charge in [-0.1, -0.05) is 0 Å². The summed E-state index contributed by atoms with van der Waals surface area (Å²) in [6.07, 6.45) is -10.5. The maximum atomic E-state index is 15.0. The Morgan fingerprint density at radius 2 is 0.649 bits per heavy atom. The molecule has 0 saturated carbocycles. The minimum atomic E-state index is -5.25. The van der Waals surface area contributed by atoms with Gasteiger partial charge in [0.1, 0.15) is 0 Å². The molecule has 0 aromatic heterocycles. The Labute approximate surface area is 426 Å². The maximum absolute atomic E-state index is 15.0. The van der Waals surface area contributed by atoms with Crippen molar-refractivity contribution in [2.45, 2.75) is 24.7 Å². The van der Waals surface area contributed by atoms with Gasteiger partial charge in [-0.2, -0.15) is 0 Å². The quantitative estimate of drug-likeness (QED) is 0.0548. The zero-order valence-corrected chi connectivity index (χ0v) is 41.2. The van der Waals surface area contributed by atoms with Crippen molar-refractivity contribution in [1.29, 1.82) is 10.5 Å². The number of halogens is 6. The Morgan fingerprint density at radius 1 is 0.365 bits per heavy atom. The van der Waals surface area contributed by atoms with E-state index in [1.54, 1.807) is 36.4 Å². The van der Waals surface area contributed by atoms with Crippen LogP contribution in [0.1, 0.15) is 33.4 Å². The molecule has 0 amide bonds. The zero-order valence-electron chi connectivity index (χ0n) is 39.4. The van der Waals surface area contributed by atoms with Gasteiger partial charge in [-0.3, -0.25) is 0 Å². The zero-order chi connectivity index (χ0) is 51.9. The van der Waals surface area contributed by atoms with Crippen LogP contribution in [0, 0.1) is 22.7 Å². The average molecular weight is 1030 g/mol. The molecule has 5 nitrogen and oxygen atoms in total. The first-order chi connectivity index (χ1) is 35.7. The van der Waals surface area contributed by atoms with Crippen molar-refractivity contribution in [3.63, 3.8) is 0 Å². The fraction of sp³-hybridized carbons (Fsp3) is 0.0667. The summed E-state index contributed by atoms with van der Waals surface area (Å²) < 4.78 is 113. The van der Waals surface area contributed by atoms with Crippen LogP contribution in [-0.4, -0.2) is 7.32 Å². The van der Waals surface area contributed by atoms with Crippen molar-refractivity contribution in [1.82, 2.24) is 0 Å². The first-order valence-electron chi connectivity index (χ1n) is 23.4. The van der Waals surface area contributed by atoms with Crippen LogP contribution in [-0.2, 0) is 33.6 Å². The second kappa shape index (κ2) is 20.6. The molecule has 0 unspecified atom stereocenters. The Morgan fingerprint density at radius 3 is 0.905 bits per heavy atom. The van der Waals surface area contributed by atoms with Gasteiger partial charge in [-0.05, 0) is 0 Å². The Balaban J connectivity index is 1.49. The van der Waals surface area contributed by atoms with E-state index in [2.05, 4.69) is 12.1 Å². The summed E-state index contributed by atoms with van der Waals surface area (Å²) in [7, 11) is -2.20. The second-order valence-corrected chi connectivity index (χ2v) is 26.7. The molecule has 0 N–H and O–H groups in total. The Hall–Kier alpha value is -7.82. The van der Waals surface area contributed by atoms with Crippen molar-refractivity contribution in [3.8, 4) is 17.9 Å². The molecule has 0 aliphatic heterocycles. The van der Waals surface area contributed by atoms with Crippen molar-refractivity contribution >= 4 is 52.8 Å². The van der Waals surface area contributed by atoms with Crippen molar-refractivity contribution in [2.24, 2.45) is 0 Å². The molecule has 0 atom stereocenters. The van der Waals surface area contributed by atoms with E-state index >= 15 is 0 Å². The monoisotopic (exact) mass is 1030 g/mol. The van der Waals surface area contributed by atoms with Crippen LogP contribution < -0.4 is 36.5 Å². The summed E-state index contributed by atoms with van der Waals surface area (Å²) in [6.45, 7) is -10.00. The first kappa shape index (κ1) is 51.1. The summed E-state index contributed by atoms with van der Waals surface area (Å²) >= 11 is 0. The molecule has 74 heavy (non-hydrogen) atoms. The normalized spacial score (nSPS) is 13.0. The Bertz CT molecular complexity index is 3050. The van der Waals surface area contributed by atoms with E-state index in [-0.39, 0.29) is 18.4 Å². The van der Waals surface area contributed by atoms with Crippen LogP contribution in [0.3, 0.4) is 0 Å². The Kier molecular flexibility index (Phi) is 14.2. The molecule has 9 aromatic carbocycles. The fourth-order valence-corrected chi connectivity index (χ4v) is 21.4. The number of hydrogen-bond acceptors (Lipinski definition) is 5. The molecule has 0 bridgehead atoms. The van der Waals surface area contributed by atoms with Gasteiger partial charge >= 0.3 is 428 Å². The summed E-state index contributed by atoms with van der Waals surface area (Å²) in [5.41, 5.74) is -1.31. The number of alkyl halides is 6. The molecule has 0 fully saturated rings. The molecule has 14 heteroatoms. The summed E-state index contributed by atoms with van der Waals surface area (Å²) in [4.78, 5) is 0. The van der Waals surface area contributed by atoms with E-state index in [4.69, 9.17) is 13.5 Å². The predicted molar refractivity (Wildman–Crippen MR) is 285 cm³/mol. The van der Waals surface area contributed by atoms with E-state index in [0.717, 1.165) is 0 Å². The number of rotatable bonds is 16. The van der Waals surface area contributed by atoms with E-state index in [0.29, 0.717) is 66.2 Å². The molecule has 0 heterocycles. The van der Waals surface area contributed by atoms with Crippen molar-refractivity contribution in [2.75, 3.05) is 0 Å². The fourth-order valence-electron chi connectivity index (χ4n) is 10.1. The molecule has 0 aliphatic carbocycles. The number of benzene rings is 9. The minimum absolute atomic E-state index is 0.0129. The van der Waals surface area contributed by atoms with Crippen LogP contribution in [0.4, 0.5) is 26.3 Å². The van der Waals surface area contributed by atoms with Crippen molar-refractivity contribution < 1.29 is 39.9 Å². The molecule has 9 rings (SSSR count). The van der Waals surface area contributed by atoms with Gasteiger partial charge in [0.15, 0.2) is 0 Å². The average Bonchev–Trinajstić information content (AvgIpc) is 3.43. The van der Waals surface area contributed by atoms with Gasteiger partial charge in [-0.25, -0.2) is 0 Å². The topological polar surface area (TPSA) is 75.3 Å². The SMILES string of the molecule is N#Cc1cccc(CP(OB(Oc2cc(C(F)(F)F)cc(C(F)(F)F)c2)OP(Cc2cccc(C#N)c2)(c2ccccc2)(c2ccccc2)c2ccccc2)(c2ccccc2)(c2ccccc2)c2ccccc2)c1. The van der Waals surface area contributed by atoms with Gasteiger partial charge in [0.2, 0.25) is 0 Å². The van der Waals surface area contributed by atoms with Gasteiger partial charge < -0.3 is 0 Å². The predicted octanol–water partition coefficient (Wildman–Crippen LogP) is 13.2. The molecular weight excluding hydrogens is 983 g/mol. The van der Waals surface area contributed by atoms with Gasteiger partial charge in [0.05, 0.1) is 0 Å². The molecule has 368 valence electrons. The van der Waals surface area contributed by atoms with Crippen molar-refractivity contribution in [3.05, 3.63) is 282 Å². The van der Waals surface area contributed by atoms with Gasteiger partial charge in [0, 0.05) is 0 Å². The molecule has 9 aromatic rings. The number of nitrogens with zero attached hydrogens (tertiary/aromatic N) is 2. The van der Waals surface area contributed by atoms with Crippen LogP contribution in [0.2, 0.25) is 0 Å². The number of nitriles is 2. The van der Waals surface area contributed by atoms with Gasteiger partial charge in [-0.15, -0.1) is 0 Å². The van der Waals surface area contributed by atoms with Gasteiger partial charge in [0.25, 0.3) is 0 Å². The van der Waals surface area contributed by atoms with E-state index in [1.807, 2.05) is 194 Å². The summed E-state index contributed by atoms with van der Waals surface area (Å²) in [5, 5.41) is 24.2. The molecule has 0 saturated heterocycles. The van der Waals surface area contributed by atoms with Crippen LogP contribution in [0.25, 0.3) is 0 Å². The van der Waals surface area contributed by atoms with Crippen LogP contribution >= 0.6 is 13.7 Å². The van der Waals surface area contributed by atoms with E-state index in [1.165, 1.54) is 0 Å². The molecule has 0 aliphatic rings. The first-order valence-corrected chi connectivity index (χ1v) is 28.1. The summed E-state index contributed by atoms with van der Waals surface area (Å²) in [6, 6.07) is 75.1. The van der Waals surface area contributed by atoms with E-state index in [9.17, 15) is 36.9 Å². The molecular formula is C60H45BF6N2O3P2. The standard InChI is InChI=1S/C60H45BF6N2O3P2/c62-59(63,64)50-39-51(60(65,66)67)41-52(40-50)70-61(71-73(53-25-7-1-8-26-53,54-27-9-2-10-28-54,55-29-11-3-12-30-55)44-48-23-19-21-46(37-48)42-68)72-74(56-31-13-4-14-32-56,57-33-15-5-16-34-57,58-35-17-6-18-36-58)45-49-24-20-22-47(38-49)43-69/h1-41H,44-45H2. The molecule has 0 radical (unpaired) electrons. The van der Waals surface area contributed by atoms with E-state index < -0.39 is 50.2 Å². The summed E-state index contributed by atoms with van der Waals surface area (Å²) in [5.74, 6) is -0.841. The third kappa shape index (κ3) is 9.51. The third-order valence-electron chi connectivity index (χ3n) is 13.3. The molecule has 0 spiro atoms. The van der Waals surface area contributed by atoms with Crippen LogP contribution in [0.15, 0.2) is 249 Å². The number of hydrogen-bond donors (Lipinski definition) is 0. The van der Waals surface area contributed by atoms with Crippen LogP contribution in [0.5, 0.6) is 5.75 Å².